The molecule has 0 unspecified atom stereocenters. The summed E-state index contributed by atoms with van der Waals surface area (Å²) in [5.74, 6) is -2.72. The zero-order valence-corrected chi connectivity index (χ0v) is 18.5. The molecular weight excluding hydrogens is 492 g/mol. The van der Waals surface area contributed by atoms with E-state index >= 15 is 0 Å². The zero-order chi connectivity index (χ0) is 25.7. The van der Waals surface area contributed by atoms with E-state index in [1.807, 2.05) is 0 Å². The molecule has 2 N–H and O–H groups in total. The molecule has 0 aliphatic heterocycles. The van der Waals surface area contributed by atoms with Gasteiger partial charge in [-0.1, -0.05) is 6.08 Å². The van der Waals surface area contributed by atoms with E-state index in [1.165, 1.54) is 6.92 Å². The number of nitrogens with one attached hydrogen (secondary N) is 2. The van der Waals surface area contributed by atoms with Crippen molar-refractivity contribution in [3.05, 3.63) is 64.5 Å². The number of hydrogen-bond acceptors (Lipinski definition) is 6. The van der Waals surface area contributed by atoms with E-state index in [4.69, 9.17) is 0 Å². The summed E-state index contributed by atoms with van der Waals surface area (Å²) in [4.78, 5) is 16.0. The number of halogens is 6. The Balaban J connectivity index is 2.36. The lowest BCUT2D eigenvalue weighted by Gasteiger charge is -2.17. The maximum atomic E-state index is 13.6. The number of alkyl halides is 5. The Labute approximate surface area is 190 Å². The second-order valence-corrected chi connectivity index (χ2v) is 8.93. The van der Waals surface area contributed by atoms with Gasteiger partial charge in [0.25, 0.3) is 5.91 Å². The number of nitrogens with zero attached hydrogens (tertiary/aromatic N) is 1. The lowest BCUT2D eigenvalue weighted by Crippen LogP contribution is -2.32. The summed E-state index contributed by atoms with van der Waals surface area (Å²) in [6, 6.07) is 3.17. The van der Waals surface area contributed by atoms with Gasteiger partial charge in [-0.25, -0.2) is 17.8 Å². The second-order valence-electron chi connectivity index (χ2n) is 6.99. The summed E-state index contributed by atoms with van der Waals surface area (Å²) in [5, 5.41) is 5.64. The molecular formula is C20H19F6N3O4S. The van der Waals surface area contributed by atoms with Gasteiger partial charge < -0.3 is 15.4 Å². The van der Waals surface area contributed by atoms with E-state index in [9.17, 15) is 39.6 Å². The van der Waals surface area contributed by atoms with Crippen molar-refractivity contribution < 1.29 is 44.3 Å². The van der Waals surface area contributed by atoms with Crippen LogP contribution in [0.1, 0.15) is 28.5 Å². The van der Waals surface area contributed by atoms with Gasteiger partial charge in [-0.3, -0.25) is 4.79 Å². The standard InChI is InChI=1S/C20H19F6N3O4S/c1-11(7-8-34(2,31)32)28-18(30)14-4-6-16(20(24,25)26)29-17(14)27-10-12-9-13(21)3-5-15(12)33-19(22)23/h3-9,11,19H,10H2,1-2H3,(H,27,29)(H,28,30)/b8-7+/t11-/m0/s1. The van der Waals surface area contributed by atoms with Crippen LogP contribution in [0.25, 0.3) is 0 Å². The molecule has 1 aromatic carbocycles. The third kappa shape index (κ3) is 8.24. The molecule has 1 atom stereocenters. The van der Waals surface area contributed by atoms with E-state index in [1.54, 1.807) is 0 Å². The molecule has 0 saturated heterocycles. The lowest BCUT2D eigenvalue weighted by molar-refractivity contribution is -0.141. The molecule has 0 bridgehead atoms. The minimum atomic E-state index is -4.86. The molecule has 0 radical (unpaired) electrons. The molecule has 186 valence electrons. The number of carbonyl (C=O) groups is 1. The highest BCUT2D eigenvalue weighted by Crippen LogP contribution is 2.30. The summed E-state index contributed by atoms with van der Waals surface area (Å²) in [6.45, 7) is -2.33. The predicted octanol–water partition coefficient (Wildman–Crippen LogP) is 4.13. The Hall–Kier alpha value is -3.29. The van der Waals surface area contributed by atoms with Crippen molar-refractivity contribution >= 4 is 21.6 Å². The SMILES string of the molecule is C[C@@H](/C=C/S(C)(=O)=O)NC(=O)c1ccc(C(F)(F)F)nc1NCc1cc(F)ccc1OC(F)F. The molecule has 1 heterocycles. The first-order chi connectivity index (χ1) is 15.7. The van der Waals surface area contributed by atoms with Gasteiger partial charge in [0.05, 0.1) is 5.56 Å². The number of benzene rings is 1. The highest BCUT2D eigenvalue weighted by atomic mass is 32.2. The lowest BCUT2D eigenvalue weighted by atomic mass is 10.1. The molecule has 0 aliphatic rings. The molecule has 0 fully saturated rings. The highest BCUT2D eigenvalue weighted by molar-refractivity contribution is 7.93. The molecule has 0 aliphatic carbocycles. The molecule has 2 aromatic rings. The number of aromatic nitrogens is 1. The Bertz CT molecular complexity index is 1170. The minimum absolute atomic E-state index is 0.171. The van der Waals surface area contributed by atoms with Crippen molar-refractivity contribution in [1.29, 1.82) is 0 Å². The van der Waals surface area contributed by atoms with Gasteiger partial charge in [-0.05, 0) is 37.3 Å². The average Bonchev–Trinajstić information content (AvgIpc) is 2.70. The van der Waals surface area contributed by atoms with E-state index in [0.29, 0.717) is 6.07 Å². The first kappa shape index (κ1) is 27.0. The number of rotatable bonds is 9. The van der Waals surface area contributed by atoms with Crippen LogP contribution in [0, 0.1) is 5.82 Å². The summed E-state index contributed by atoms with van der Waals surface area (Å²) in [6.07, 6.45) is -2.78. The van der Waals surface area contributed by atoms with Crippen molar-refractivity contribution in [3.63, 3.8) is 0 Å². The van der Waals surface area contributed by atoms with Crippen LogP contribution in [0.3, 0.4) is 0 Å². The van der Waals surface area contributed by atoms with Crippen molar-refractivity contribution in [3.8, 4) is 5.75 Å². The minimum Gasteiger partial charge on any atom is -0.434 e. The average molecular weight is 511 g/mol. The monoisotopic (exact) mass is 511 g/mol. The predicted molar refractivity (Wildman–Crippen MR) is 111 cm³/mol. The molecule has 1 aromatic heterocycles. The summed E-state index contributed by atoms with van der Waals surface area (Å²) in [7, 11) is -3.48. The smallest absolute Gasteiger partial charge is 0.433 e. The third-order valence-electron chi connectivity index (χ3n) is 4.09. The van der Waals surface area contributed by atoms with Crippen LogP contribution in [-0.4, -0.2) is 38.2 Å². The number of pyridine rings is 1. The first-order valence-electron chi connectivity index (χ1n) is 9.40. The van der Waals surface area contributed by atoms with Gasteiger partial charge >= 0.3 is 12.8 Å². The maximum absolute atomic E-state index is 13.6. The highest BCUT2D eigenvalue weighted by Gasteiger charge is 2.33. The van der Waals surface area contributed by atoms with E-state index in [0.717, 1.165) is 42.0 Å². The number of ether oxygens (including phenoxy) is 1. The molecule has 2 rings (SSSR count). The maximum Gasteiger partial charge on any atom is 0.433 e. The van der Waals surface area contributed by atoms with Crippen LogP contribution >= 0.6 is 0 Å². The number of amides is 1. The molecule has 34 heavy (non-hydrogen) atoms. The third-order valence-corrected chi connectivity index (χ3v) is 4.74. The Morgan fingerprint density at radius 1 is 1.21 bits per heavy atom. The Kier molecular flexibility index (Phi) is 8.53. The van der Waals surface area contributed by atoms with Crippen molar-refractivity contribution in [2.45, 2.75) is 32.3 Å². The van der Waals surface area contributed by atoms with Gasteiger partial charge in [-0.15, -0.1) is 0 Å². The molecule has 14 heteroatoms. The van der Waals surface area contributed by atoms with E-state index in [2.05, 4.69) is 20.4 Å². The first-order valence-corrected chi connectivity index (χ1v) is 11.4. The number of carbonyl (C=O) groups excluding carboxylic acids is 1. The number of hydrogen-bond donors (Lipinski definition) is 2. The molecule has 7 nitrogen and oxygen atoms in total. The molecule has 0 saturated carbocycles. The summed E-state index contributed by atoms with van der Waals surface area (Å²) >= 11 is 0. The molecule has 0 spiro atoms. The van der Waals surface area contributed by atoms with E-state index < -0.39 is 64.2 Å². The fourth-order valence-electron chi connectivity index (χ4n) is 2.60. The fourth-order valence-corrected chi connectivity index (χ4v) is 3.13. The van der Waals surface area contributed by atoms with Crippen molar-refractivity contribution in [2.24, 2.45) is 0 Å². The van der Waals surface area contributed by atoms with Crippen LogP contribution in [0.15, 0.2) is 41.8 Å². The van der Waals surface area contributed by atoms with Gasteiger partial charge in [0, 0.05) is 29.8 Å². The number of anilines is 1. The summed E-state index contributed by atoms with van der Waals surface area (Å²) in [5.41, 5.74) is -1.88. The Morgan fingerprint density at radius 2 is 1.88 bits per heavy atom. The van der Waals surface area contributed by atoms with Crippen molar-refractivity contribution in [2.75, 3.05) is 11.6 Å². The quantitative estimate of drug-likeness (QED) is 0.492. The fraction of sp³-hybridized carbons (Fsp3) is 0.300. The largest absolute Gasteiger partial charge is 0.434 e. The van der Waals surface area contributed by atoms with Gasteiger partial charge in [0.1, 0.15) is 23.1 Å². The van der Waals surface area contributed by atoms with Crippen LogP contribution in [-0.2, 0) is 22.6 Å². The van der Waals surface area contributed by atoms with Crippen LogP contribution in [0.2, 0.25) is 0 Å². The Morgan fingerprint density at radius 3 is 2.47 bits per heavy atom. The van der Waals surface area contributed by atoms with Crippen molar-refractivity contribution in [1.82, 2.24) is 10.3 Å². The van der Waals surface area contributed by atoms with Crippen LogP contribution in [0.4, 0.5) is 32.2 Å². The van der Waals surface area contributed by atoms with Gasteiger partial charge in [0.2, 0.25) is 0 Å². The number of sulfone groups is 1. The zero-order valence-electron chi connectivity index (χ0n) is 17.7. The van der Waals surface area contributed by atoms with Gasteiger partial charge in [-0.2, -0.15) is 22.0 Å². The molecule has 1 amide bonds. The van der Waals surface area contributed by atoms with Gasteiger partial charge in [0.15, 0.2) is 9.84 Å². The topological polar surface area (TPSA) is 97.4 Å². The normalized spacial score (nSPS) is 13.2. The van der Waals surface area contributed by atoms with E-state index in [-0.39, 0.29) is 11.1 Å². The van der Waals surface area contributed by atoms with Crippen LogP contribution < -0.4 is 15.4 Å². The van der Waals surface area contributed by atoms with Crippen LogP contribution in [0.5, 0.6) is 5.75 Å². The summed E-state index contributed by atoms with van der Waals surface area (Å²) < 4.78 is 105. The second kappa shape index (κ2) is 10.8.